The molecule has 2 rings (SSSR count). The highest BCUT2D eigenvalue weighted by molar-refractivity contribution is 9.10. The maximum absolute atomic E-state index is 11.2. The van der Waals surface area contributed by atoms with E-state index >= 15 is 0 Å². The summed E-state index contributed by atoms with van der Waals surface area (Å²) in [5.41, 5.74) is 3.86. The summed E-state index contributed by atoms with van der Waals surface area (Å²) in [4.78, 5) is 11.2. The van der Waals surface area contributed by atoms with Crippen molar-refractivity contribution in [3.05, 3.63) is 52.0 Å². The molecule has 0 aliphatic carbocycles. The summed E-state index contributed by atoms with van der Waals surface area (Å²) >= 11 is 3.23. The summed E-state index contributed by atoms with van der Waals surface area (Å²) in [5.74, 6) is -0.683. The topological polar surface area (TPSA) is 91.2 Å². The third kappa shape index (κ3) is 3.76. The third-order valence-electron chi connectivity index (χ3n) is 2.81. The van der Waals surface area contributed by atoms with Crippen molar-refractivity contribution in [3.63, 3.8) is 0 Å². The number of nitrogens with zero attached hydrogens (tertiary/aromatic N) is 1. The SMILES string of the molecule is COc1cc(C=NNc2ccc(Br)cc2C(=O)O)ccc1O. The number of carboxylic acid groups (broad SMARTS) is 1. The molecule has 0 amide bonds. The molecule has 0 aliphatic rings. The molecular weight excluding hydrogens is 352 g/mol. The Morgan fingerprint density at radius 2 is 2.09 bits per heavy atom. The molecule has 22 heavy (non-hydrogen) atoms. The lowest BCUT2D eigenvalue weighted by Gasteiger charge is -2.06. The van der Waals surface area contributed by atoms with E-state index in [0.717, 1.165) is 0 Å². The smallest absolute Gasteiger partial charge is 0.337 e. The van der Waals surface area contributed by atoms with Crippen molar-refractivity contribution in [2.45, 2.75) is 0 Å². The van der Waals surface area contributed by atoms with Gasteiger partial charge in [-0.15, -0.1) is 0 Å². The van der Waals surface area contributed by atoms with Crippen LogP contribution in [0, 0.1) is 0 Å². The molecule has 2 aromatic carbocycles. The van der Waals surface area contributed by atoms with Crippen LogP contribution in [0.5, 0.6) is 11.5 Å². The fourth-order valence-corrected chi connectivity index (χ4v) is 2.10. The second kappa shape index (κ2) is 6.95. The molecule has 114 valence electrons. The summed E-state index contributed by atoms with van der Waals surface area (Å²) in [7, 11) is 1.45. The normalized spacial score (nSPS) is 10.6. The van der Waals surface area contributed by atoms with Crippen LogP contribution in [0.1, 0.15) is 15.9 Å². The fourth-order valence-electron chi connectivity index (χ4n) is 1.74. The Kier molecular flexibility index (Phi) is 5.00. The standard InChI is InChI=1S/C15H13BrN2O4/c1-22-14-6-9(2-5-13(14)19)8-17-18-12-4-3-10(16)7-11(12)15(20)21/h2-8,18-19H,1H3,(H,20,21). The van der Waals surface area contributed by atoms with Crippen LogP contribution in [0.15, 0.2) is 46.0 Å². The van der Waals surface area contributed by atoms with Gasteiger partial charge in [-0.2, -0.15) is 5.10 Å². The Morgan fingerprint density at radius 1 is 1.32 bits per heavy atom. The number of anilines is 1. The van der Waals surface area contributed by atoms with E-state index < -0.39 is 5.97 Å². The number of nitrogens with one attached hydrogen (secondary N) is 1. The minimum absolute atomic E-state index is 0.0358. The van der Waals surface area contributed by atoms with Gasteiger partial charge in [0.25, 0.3) is 0 Å². The predicted octanol–water partition coefficient (Wildman–Crippen LogP) is 3.31. The minimum Gasteiger partial charge on any atom is -0.504 e. The molecule has 7 heteroatoms. The summed E-state index contributed by atoms with van der Waals surface area (Å²) in [5, 5.41) is 22.7. The molecule has 0 saturated carbocycles. The molecule has 0 saturated heterocycles. The van der Waals surface area contributed by atoms with E-state index in [9.17, 15) is 9.90 Å². The van der Waals surface area contributed by atoms with Crippen molar-refractivity contribution in [1.82, 2.24) is 0 Å². The van der Waals surface area contributed by atoms with Crippen LogP contribution in [0.4, 0.5) is 5.69 Å². The lowest BCUT2D eigenvalue weighted by Crippen LogP contribution is -2.02. The summed E-state index contributed by atoms with van der Waals surface area (Å²) in [6.45, 7) is 0. The number of hydrazone groups is 1. The molecule has 0 spiro atoms. The van der Waals surface area contributed by atoms with Gasteiger partial charge >= 0.3 is 5.97 Å². The molecule has 0 bridgehead atoms. The first kappa shape index (κ1) is 15.8. The number of methoxy groups -OCH3 is 1. The molecule has 0 atom stereocenters. The lowest BCUT2D eigenvalue weighted by atomic mass is 10.2. The van der Waals surface area contributed by atoms with Gasteiger partial charge in [0.05, 0.1) is 24.6 Å². The van der Waals surface area contributed by atoms with Gasteiger partial charge in [-0.05, 0) is 42.0 Å². The van der Waals surface area contributed by atoms with Crippen LogP contribution in [-0.4, -0.2) is 29.5 Å². The number of benzene rings is 2. The van der Waals surface area contributed by atoms with Crippen molar-refractivity contribution in [2.75, 3.05) is 12.5 Å². The van der Waals surface area contributed by atoms with E-state index in [-0.39, 0.29) is 11.3 Å². The zero-order chi connectivity index (χ0) is 16.1. The molecular formula is C15H13BrN2O4. The first-order valence-electron chi connectivity index (χ1n) is 6.20. The Labute approximate surface area is 135 Å². The van der Waals surface area contributed by atoms with Gasteiger partial charge in [0, 0.05) is 4.47 Å². The van der Waals surface area contributed by atoms with E-state index in [1.165, 1.54) is 25.5 Å². The van der Waals surface area contributed by atoms with Crippen LogP contribution in [0.25, 0.3) is 0 Å². The van der Waals surface area contributed by atoms with E-state index in [1.54, 1.807) is 24.3 Å². The van der Waals surface area contributed by atoms with Crippen molar-refractivity contribution < 1.29 is 19.7 Å². The molecule has 0 unspecified atom stereocenters. The van der Waals surface area contributed by atoms with E-state index in [0.29, 0.717) is 21.5 Å². The summed E-state index contributed by atoms with van der Waals surface area (Å²) in [6.07, 6.45) is 1.50. The number of aromatic hydroxyl groups is 1. The number of hydrogen-bond donors (Lipinski definition) is 3. The number of hydrogen-bond acceptors (Lipinski definition) is 5. The minimum atomic E-state index is -1.05. The van der Waals surface area contributed by atoms with Crippen LogP contribution in [0.3, 0.4) is 0 Å². The number of aromatic carboxylic acids is 1. The average molecular weight is 365 g/mol. The number of halogens is 1. The first-order chi connectivity index (χ1) is 10.5. The number of carboxylic acids is 1. The molecule has 2 aromatic rings. The Morgan fingerprint density at radius 3 is 2.77 bits per heavy atom. The quantitative estimate of drug-likeness (QED) is 0.559. The molecule has 0 heterocycles. The highest BCUT2D eigenvalue weighted by atomic mass is 79.9. The fraction of sp³-hybridized carbons (Fsp3) is 0.0667. The van der Waals surface area contributed by atoms with Gasteiger partial charge in [-0.25, -0.2) is 4.79 Å². The number of phenols is 1. The van der Waals surface area contributed by atoms with E-state index in [1.807, 2.05) is 0 Å². The van der Waals surface area contributed by atoms with Crippen molar-refractivity contribution in [1.29, 1.82) is 0 Å². The summed E-state index contributed by atoms with van der Waals surface area (Å²) < 4.78 is 5.67. The average Bonchev–Trinajstić information content (AvgIpc) is 2.50. The number of ether oxygens (including phenoxy) is 1. The maximum atomic E-state index is 11.2. The molecule has 3 N–H and O–H groups in total. The first-order valence-corrected chi connectivity index (χ1v) is 6.99. The Balaban J connectivity index is 2.18. The predicted molar refractivity (Wildman–Crippen MR) is 87.0 cm³/mol. The molecule has 6 nitrogen and oxygen atoms in total. The van der Waals surface area contributed by atoms with Crippen molar-refractivity contribution in [3.8, 4) is 11.5 Å². The van der Waals surface area contributed by atoms with Gasteiger partial charge < -0.3 is 14.9 Å². The largest absolute Gasteiger partial charge is 0.504 e. The Bertz CT molecular complexity index is 731. The second-order valence-corrected chi connectivity index (χ2v) is 5.21. The Hall–Kier alpha value is -2.54. The van der Waals surface area contributed by atoms with Gasteiger partial charge in [0.15, 0.2) is 11.5 Å². The van der Waals surface area contributed by atoms with Crippen LogP contribution >= 0.6 is 15.9 Å². The lowest BCUT2D eigenvalue weighted by molar-refractivity contribution is 0.0698. The van der Waals surface area contributed by atoms with Gasteiger partial charge in [0.1, 0.15) is 0 Å². The molecule has 0 aliphatic heterocycles. The molecule has 0 fully saturated rings. The van der Waals surface area contributed by atoms with Gasteiger partial charge in [-0.1, -0.05) is 15.9 Å². The van der Waals surface area contributed by atoms with E-state index in [2.05, 4.69) is 26.5 Å². The zero-order valence-electron chi connectivity index (χ0n) is 11.6. The maximum Gasteiger partial charge on any atom is 0.337 e. The van der Waals surface area contributed by atoms with Crippen LogP contribution < -0.4 is 10.2 Å². The highest BCUT2D eigenvalue weighted by Gasteiger charge is 2.09. The van der Waals surface area contributed by atoms with Crippen LogP contribution in [-0.2, 0) is 0 Å². The van der Waals surface area contributed by atoms with Crippen molar-refractivity contribution in [2.24, 2.45) is 5.10 Å². The van der Waals surface area contributed by atoms with Gasteiger partial charge in [0.2, 0.25) is 0 Å². The van der Waals surface area contributed by atoms with E-state index in [4.69, 9.17) is 9.84 Å². The highest BCUT2D eigenvalue weighted by Crippen LogP contribution is 2.25. The second-order valence-electron chi connectivity index (χ2n) is 4.30. The number of carbonyl (C=O) groups is 1. The number of rotatable bonds is 5. The third-order valence-corrected chi connectivity index (χ3v) is 3.31. The van der Waals surface area contributed by atoms with Crippen molar-refractivity contribution >= 4 is 33.8 Å². The van der Waals surface area contributed by atoms with Crippen LogP contribution in [0.2, 0.25) is 0 Å². The molecule has 0 aromatic heterocycles. The summed E-state index contributed by atoms with van der Waals surface area (Å²) in [6, 6.07) is 9.57. The zero-order valence-corrected chi connectivity index (χ0v) is 13.2. The number of phenolic OH excluding ortho intramolecular Hbond substituents is 1. The monoisotopic (exact) mass is 364 g/mol. The molecule has 0 radical (unpaired) electrons. The van der Waals surface area contributed by atoms with Gasteiger partial charge in [-0.3, -0.25) is 5.43 Å².